The highest BCUT2D eigenvalue weighted by Gasteiger charge is 2.30. The molecule has 1 aromatic heterocycles. The fourth-order valence-corrected chi connectivity index (χ4v) is 2.74. The SMILES string of the molecule is CC(C(=O)c1c(N)n(C)c(=O)n(C)c1=O)N1CCC(O)CC1. The summed E-state index contributed by atoms with van der Waals surface area (Å²) in [7, 11) is 2.75. The third-order valence-corrected chi connectivity index (χ3v) is 4.38. The third kappa shape index (κ3) is 2.71. The van der Waals surface area contributed by atoms with Crippen molar-refractivity contribution in [2.45, 2.75) is 31.9 Å². The van der Waals surface area contributed by atoms with Gasteiger partial charge in [-0.05, 0) is 19.8 Å². The van der Waals surface area contributed by atoms with Crippen LogP contribution < -0.4 is 17.0 Å². The number of carbonyl (C=O) groups is 1. The molecule has 2 rings (SSSR count). The predicted molar refractivity (Wildman–Crippen MR) is 81.9 cm³/mol. The zero-order valence-corrected chi connectivity index (χ0v) is 13.1. The highest BCUT2D eigenvalue weighted by atomic mass is 16.3. The van der Waals surface area contributed by atoms with Crippen molar-refractivity contribution in [3.8, 4) is 0 Å². The molecular formula is C14H22N4O4. The van der Waals surface area contributed by atoms with Crippen molar-refractivity contribution in [2.24, 2.45) is 14.1 Å². The highest BCUT2D eigenvalue weighted by molar-refractivity contribution is 6.03. The summed E-state index contributed by atoms with van der Waals surface area (Å²) in [5.74, 6) is -0.507. The molecule has 22 heavy (non-hydrogen) atoms. The van der Waals surface area contributed by atoms with Gasteiger partial charge in [0.25, 0.3) is 5.56 Å². The third-order valence-electron chi connectivity index (χ3n) is 4.38. The second-order valence-electron chi connectivity index (χ2n) is 5.77. The fraction of sp³-hybridized carbons (Fsp3) is 0.643. The van der Waals surface area contributed by atoms with Gasteiger partial charge >= 0.3 is 5.69 Å². The molecule has 2 heterocycles. The van der Waals surface area contributed by atoms with Crippen LogP contribution in [0.4, 0.5) is 5.82 Å². The van der Waals surface area contributed by atoms with E-state index in [1.807, 2.05) is 4.90 Å². The molecule has 1 fully saturated rings. The van der Waals surface area contributed by atoms with Gasteiger partial charge < -0.3 is 10.8 Å². The lowest BCUT2D eigenvalue weighted by atomic mass is 10.0. The smallest absolute Gasteiger partial charge is 0.332 e. The van der Waals surface area contributed by atoms with E-state index in [1.54, 1.807) is 6.92 Å². The number of Topliss-reactive ketones (excluding diaryl/α,β-unsaturated/α-hetero) is 1. The summed E-state index contributed by atoms with van der Waals surface area (Å²) in [5, 5.41) is 9.53. The molecule has 0 radical (unpaired) electrons. The maximum Gasteiger partial charge on any atom is 0.332 e. The molecule has 1 aromatic rings. The van der Waals surface area contributed by atoms with Crippen LogP contribution in [0.15, 0.2) is 9.59 Å². The summed E-state index contributed by atoms with van der Waals surface area (Å²) in [4.78, 5) is 38.6. The van der Waals surface area contributed by atoms with Crippen molar-refractivity contribution in [3.05, 3.63) is 26.4 Å². The van der Waals surface area contributed by atoms with Gasteiger partial charge in [0.05, 0.1) is 12.1 Å². The van der Waals surface area contributed by atoms with Gasteiger partial charge in [-0.25, -0.2) is 4.79 Å². The lowest BCUT2D eigenvalue weighted by Crippen LogP contribution is -2.48. The van der Waals surface area contributed by atoms with E-state index in [0.29, 0.717) is 25.9 Å². The number of aromatic nitrogens is 2. The average Bonchev–Trinajstić information content (AvgIpc) is 2.51. The number of anilines is 1. The van der Waals surface area contributed by atoms with Gasteiger partial charge in [-0.3, -0.25) is 23.6 Å². The van der Waals surface area contributed by atoms with Crippen LogP contribution in [0.2, 0.25) is 0 Å². The topological polar surface area (TPSA) is 111 Å². The number of likely N-dealkylation sites (tertiary alicyclic amines) is 1. The molecule has 0 spiro atoms. The first-order valence-electron chi connectivity index (χ1n) is 7.27. The van der Waals surface area contributed by atoms with E-state index in [0.717, 1.165) is 9.13 Å². The molecule has 1 unspecified atom stereocenters. The van der Waals surface area contributed by atoms with E-state index in [4.69, 9.17) is 5.73 Å². The molecule has 0 aromatic carbocycles. The summed E-state index contributed by atoms with van der Waals surface area (Å²) in [6.07, 6.45) is 0.852. The molecule has 1 aliphatic rings. The first-order chi connectivity index (χ1) is 10.3. The zero-order chi connectivity index (χ0) is 16.6. The molecule has 0 amide bonds. The number of nitrogen functional groups attached to an aromatic ring is 1. The first kappa shape index (κ1) is 16.4. The molecule has 1 saturated heterocycles. The molecule has 1 aliphatic heterocycles. The first-order valence-corrected chi connectivity index (χ1v) is 7.27. The number of aliphatic hydroxyl groups excluding tert-OH is 1. The van der Waals surface area contributed by atoms with Gasteiger partial charge in [-0.15, -0.1) is 0 Å². The monoisotopic (exact) mass is 310 g/mol. The van der Waals surface area contributed by atoms with E-state index in [2.05, 4.69) is 0 Å². The largest absolute Gasteiger partial charge is 0.393 e. The minimum Gasteiger partial charge on any atom is -0.393 e. The maximum atomic E-state index is 12.7. The van der Waals surface area contributed by atoms with Gasteiger partial charge in [0.1, 0.15) is 11.4 Å². The number of aliphatic hydroxyl groups is 1. The van der Waals surface area contributed by atoms with E-state index < -0.39 is 23.1 Å². The molecule has 0 bridgehead atoms. The summed E-state index contributed by atoms with van der Waals surface area (Å²) in [6.45, 7) is 2.88. The predicted octanol–water partition coefficient (Wildman–Crippen LogP) is -1.31. The maximum absolute atomic E-state index is 12.7. The molecule has 3 N–H and O–H groups in total. The summed E-state index contributed by atoms with van der Waals surface area (Å²) >= 11 is 0. The van der Waals surface area contributed by atoms with E-state index in [1.165, 1.54) is 14.1 Å². The standard InChI is InChI=1S/C14H22N4O4/c1-8(18-6-4-9(19)5-7-18)11(20)10-12(15)16(2)14(22)17(3)13(10)21/h8-9,19H,4-7,15H2,1-3H3. The van der Waals surface area contributed by atoms with E-state index in [9.17, 15) is 19.5 Å². The molecule has 8 nitrogen and oxygen atoms in total. The van der Waals surface area contributed by atoms with E-state index >= 15 is 0 Å². The van der Waals surface area contributed by atoms with Gasteiger partial charge in [-0.1, -0.05) is 0 Å². The number of hydrogen-bond donors (Lipinski definition) is 2. The van der Waals surface area contributed by atoms with Crippen LogP contribution in [-0.4, -0.2) is 50.2 Å². The lowest BCUT2D eigenvalue weighted by molar-refractivity contribution is 0.0548. The Morgan fingerprint density at radius 2 is 1.77 bits per heavy atom. The van der Waals surface area contributed by atoms with Crippen LogP contribution in [0.5, 0.6) is 0 Å². The van der Waals surface area contributed by atoms with Crippen molar-refractivity contribution < 1.29 is 9.90 Å². The molecule has 1 atom stereocenters. The molecule has 122 valence electrons. The number of hydrogen-bond acceptors (Lipinski definition) is 6. The average molecular weight is 310 g/mol. The Bertz CT molecular complexity index is 698. The quantitative estimate of drug-likeness (QED) is 0.671. The number of ketones is 1. The number of nitrogens with two attached hydrogens (primary N) is 1. The fourth-order valence-electron chi connectivity index (χ4n) is 2.74. The van der Waals surface area contributed by atoms with Crippen molar-refractivity contribution in [1.82, 2.24) is 14.0 Å². The number of piperidine rings is 1. The van der Waals surface area contributed by atoms with Crippen molar-refractivity contribution >= 4 is 11.6 Å². The molecule has 0 aliphatic carbocycles. The van der Waals surface area contributed by atoms with Crippen molar-refractivity contribution in [2.75, 3.05) is 18.8 Å². The van der Waals surface area contributed by atoms with Gasteiger partial charge in [0, 0.05) is 27.2 Å². The van der Waals surface area contributed by atoms with Gasteiger partial charge in [0.15, 0.2) is 5.78 Å². The minimum atomic E-state index is -0.672. The Morgan fingerprint density at radius 3 is 2.32 bits per heavy atom. The lowest BCUT2D eigenvalue weighted by Gasteiger charge is -2.33. The minimum absolute atomic E-state index is 0.109. The summed E-state index contributed by atoms with van der Waals surface area (Å²) in [5.41, 5.74) is 4.43. The van der Waals surface area contributed by atoms with E-state index in [-0.39, 0.29) is 17.5 Å². The number of carbonyl (C=O) groups excluding carboxylic acids is 1. The van der Waals surface area contributed by atoms with Crippen LogP contribution in [0, 0.1) is 0 Å². The second-order valence-corrected chi connectivity index (χ2v) is 5.77. The normalized spacial score (nSPS) is 18.4. The Balaban J connectivity index is 2.38. The Kier molecular flexibility index (Phi) is 4.52. The number of nitrogens with zero attached hydrogens (tertiary/aromatic N) is 3. The van der Waals surface area contributed by atoms with Crippen molar-refractivity contribution in [3.63, 3.8) is 0 Å². The zero-order valence-electron chi connectivity index (χ0n) is 13.1. The Labute approximate surface area is 127 Å². The molecular weight excluding hydrogens is 288 g/mol. The number of rotatable bonds is 3. The van der Waals surface area contributed by atoms with Crippen LogP contribution in [-0.2, 0) is 14.1 Å². The van der Waals surface area contributed by atoms with Crippen LogP contribution in [0.25, 0.3) is 0 Å². The molecule has 0 saturated carbocycles. The van der Waals surface area contributed by atoms with Crippen molar-refractivity contribution in [1.29, 1.82) is 0 Å². The van der Waals surface area contributed by atoms with Crippen LogP contribution in [0.3, 0.4) is 0 Å². The van der Waals surface area contributed by atoms with Gasteiger partial charge in [0.2, 0.25) is 0 Å². The van der Waals surface area contributed by atoms with Crippen LogP contribution >= 0.6 is 0 Å². The van der Waals surface area contributed by atoms with Crippen LogP contribution in [0.1, 0.15) is 30.1 Å². The highest BCUT2D eigenvalue weighted by Crippen LogP contribution is 2.16. The van der Waals surface area contributed by atoms with Gasteiger partial charge in [-0.2, -0.15) is 0 Å². The second kappa shape index (κ2) is 6.05. The Hall–Kier alpha value is -1.93. The Morgan fingerprint density at radius 1 is 1.23 bits per heavy atom. The summed E-state index contributed by atoms with van der Waals surface area (Å²) < 4.78 is 1.98. The molecule has 8 heteroatoms. The summed E-state index contributed by atoms with van der Waals surface area (Å²) in [6, 6.07) is -0.528.